The Bertz CT molecular complexity index is 652. The van der Waals surface area contributed by atoms with E-state index in [1.807, 2.05) is 51.1 Å². The molecule has 0 aliphatic rings. The van der Waals surface area contributed by atoms with Crippen molar-refractivity contribution in [2.24, 2.45) is 5.16 Å². The van der Waals surface area contributed by atoms with E-state index in [1.165, 1.54) is 7.11 Å². The van der Waals surface area contributed by atoms with E-state index in [0.717, 1.165) is 11.1 Å². The summed E-state index contributed by atoms with van der Waals surface area (Å²) in [6.45, 7) is 6.65. The monoisotopic (exact) mass is 318 g/mol. The Kier molecular flexibility index (Phi) is 6.31. The number of aromatic nitrogens is 1. The molecule has 0 fully saturated rings. The molecule has 0 aliphatic carbocycles. The van der Waals surface area contributed by atoms with Gasteiger partial charge < -0.3 is 18.8 Å². The number of hydrogen-bond acceptors (Lipinski definition) is 6. The molecule has 1 unspecified atom stereocenters. The summed E-state index contributed by atoms with van der Waals surface area (Å²) in [5.74, 6) is 0.711. The van der Waals surface area contributed by atoms with Gasteiger partial charge in [-0.15, -0.1) is 0 Å². The Morgan fingerprint density at radius 3 is 2.74 bits per heavy atom. The van der Waals surface area contributed by atoms with Crippen LogP contribution in [0.4, 0.5) is 0 Å². The van der Waals surface area contributed by atoms with Crippen LogP contribution in [-0.4, -0.2) is 30.9 Å². The molecule has 23 heavy (non-hydrogen) atoms. The van der Waals surface area contributed by atoms with Crippen molar-refractivity contribution in [2.75, 3.05) is 13.7 Å². The number of aryl methyl sites for hydroxylation is 1. The molecule has 2 rings (SSSR count). The van der Waals surface area contributed by atoms with Crippen molar-refractivity contribution in [1.82, 2.24) is 5.16 Å². The number of benzene rings is 1. The number of nitrogens with zero attached hydrogens (tertiary/aromatic N) is 2. The maximum atomic E-state index is 5.72. The third-order valence-corrected chi connectivity index (χ3v) is 3.20. The van der Waals surface area contributed by atoms with Crippen molar-refractivity contribution < 1.29 is 18.8 Å². The zero-order valence-corrected chi connectivity index (χ0v) is 13.9. The van der Waals surface area contributed by atoms with E-state index in [1.54, 1.807) is 0 Å². The summed E-state index contributed by atoms with van der Waals surface area (Å²) in [6.07, 6.45) is -0.273. The van der Waals surface area contributed by atoms with Crippen molar-refractivity contribution in [1.29, 1.82) is 0 Å². The van der Waals surface area contributed by atoms with E-state index < -0.39 is 0 Å². The lowest BCUT2D eigenvalue weighted by molar-refractivity contribution is -0.134. The van der Waals surface area contributed by atoms with Crippen LogP contribution in [0.5, 0.6) is 0 Å². The van der Waals surface area contributed by atoms with Crippen molar-refractivity contribution in [3.63, 3.8) is 0 Å². The molecular formula is C17H22N2O4. The van der Waals surface area contributed by atoms with E-state index in [-0.39, 0.29) is 6.29 Å². The first kappa shape index (κ1) is 17.2. The molecule has 1 aromatic heterocycles. The first-order valence-electron chi connectivity index (χ1n) is 7.52. The van der Waals surface area contributed by atoms with Gasteiger partial charge in [0.25, 0.3) is 0 Å². The van der Waals surface area contributed by atoms with Gasteiger partial charge >= 0.3 is 0 Å². The van der Waals surface area contributed by atoms with Gasteiger partial charge in [-0.25, -0.2) is 0 Å². The normalized spacial score (nSPS) is 13.1. The fourth-order valence-electron chi connectivity index (χ4n) is 2.17. The second-order valence-corrected chi connectivity index (χ2v) is 4.94. The first-order chi connectivity index (χ1) is 11.2. The number of hydrogen-bond donors (Lipinski definition) is 0. The molecule has 1 atom stereocenters. The molecule has 0 radical (unpaired) electrons. The molecule has 2 aromatic rings. The van der Waals surface area contributed by atoms with E-state index in [0.29, 0.717) is 30.4 Å². The topological polar surface area (TPSA) is 66.1 Å². The van der Waals surface area contributed by atoms with Gasteiger partial charge in [0.1, 0.15) is 24.3 Å². The van der Waals surface area contributed by atoms with Gasteiger partial charge in [0, 0.05) is 18.2 Å². The molecule has 6 nitrogen and oxygen atoms in total. The summed E-state index contributed by atoms with van der Waals surface area (Å²) < 4.78 is 16.3. The quantitative estimate of drug-likeness (QED) is 0.424. The fourth-order valence-corrected chi connectivity index (χ4v) is 2.17. The maximum Gasteiger partial charge on any atom is 0.155 e. The fraction of sp³-hybridized carbons (Fsp3) is 0.412. The van der Waals surface area contributed by atoms with Gasteiger partial charge in [-0.1, -0.05) is 34.6 Å². The van der Waals surface area contributed by atoms with Crippen molar-refractivity contribution in [2.45, 2.75) is 33.7 Å². The number of ether oxygens (including phenoxy) is 2. The highest BCUT2D eigenvalue weighted by Crippen LogP contribution is 2.18. The molecule has 0 saturated heterocycles. The van der Waals surface area contributed by atoms with Crippen LogP contribution in [0, 0.1) is 6.92 Å². The summed E-state index contributed by atoms with van der Waals surface area (Å²) >= 11 is 0. The molecule has 0 bridgehead atoms. The SMILES string of the molecule is CCOC(C)OCc1ccccc1C(=NOC)c1cc(C)on1. The lowest BCUT2D eigenvalue weighted by Crippen LogP contribution is -2.15. The molecule has 0 N–H and O–H groups in total. The van der Waals surface area contributed by atoms with Crippen LogP contribution in [-0.2, 0) is 20.9 Å². The van der Waals surface area contributed by atoms with E-state index in [2.05, 4.69) is 10.3 Å². The number of oxime groups is 1. The first-order valence-corrected chi connectivity index (χ1v) is 7.52. The van der Waals surface area contributed by atoms with Crippen LogP contribution in [0.25, 0.3) is 0 Å². The van der Waals surface area contributed by atoms with Gasteiger partial charge in [0.05, 0.1) is 6.61 Å². The standard InChI is InChI=1S/C17H22N2O4/c1-5-21-13(3)22-11-14-8-6-7-9-15(14)17(19-20-4)16-10-12(2)23-18-16/h6-10,13H,5,11H2,1-4H3. The Morgan fingerprint density at radius 1 is 1.30 bits per heavy atom. The Balaban J connectivity index is 2.28. The van der Waals surface area contributed by atoms with Crippen LogP contribution in [0.15, 0.2) is 40.0 Å². The van der Waals surface area contributed by atoms with Crippen molar-refractivity contribution in [3.05, 3.63) is 52.9 Å². The third kappa shape index (κ3) is 4.64. The van der Waals surface area contributed by atoms with Crippen molar-refractivity contribution in [3.8, 4) is 0 Å². The molecule has 0 aliphatic heterocycles. The highest BCUT2D eigenvalue weighted by molar-refractivity contribution is 6.12. The van der Waals surface area contributed by atoms with Crippen molar-refractivity contribution >= 4 is 5.71 Å². The molecule has 1 aromatic carbocycles. The lowest BCUT2D eigenvalue weighted by atomic mass is 10.0. The molecular weight excluding hydrogens is 296 g/mol. The van der Waals surface area contributed by atoms with Gasteiger partial charge in [0.2, 0.25) is 0 Å². The predicted molar refractivity (Wildman–Crippen MR) is 86.2 cm³/mol. The zero-order chi connectivity index (χ0) is 16.7. The minimum absolute atomic E-state index is 0.273. The minimum Gasteiger partial charge on any atom is -0.399 e. The molecule has 6 heteroatoms. The maximum absolute atomic E-state index is 5.72. The van der Waals surface area contributed by atoms with Crippen LogP contribution in [0.1, 0.15) is 36.4 Å². The third-order valence-electron chi connectivity index (χ3n) is 3.20. The number of rotatable bonds is 8. The Morgan fingerprint density at radius 2 is 2.09 bits per heavy atom. The van der Waals surface area contributed by atoms with Crippen LogP contribution in [0.2, 0.25) is 0 Å². The minimum atomic E-state index is -0.273. The Hall–Kier alpha value is -2.18. The summed E-state index contributed by atoms with van der Waals surface area (Å²) in [5.41, 5.74) is 3.07. The molecule has 0 spiro atoms. The molecule has 0 amide bonds. The van der Waals surface area contributed by atoms with E-state index >= 15 is 0 Å². The highest BCUT2D eigenvalue weighted by atomic mass is 16.7. The van der Waals surface area contributed by atoms with Crippen LogP contribution in [0.3, 0.4) is 0 Å². The van der Waals surface area contributed by atoms with E-state index in [9.17, 15) is 0 Å². The highest BCUT2D eigenvalue weighted by Gasteiger charge is 2.17. The van der Waals surface area contributed by atoms with Crippen LogP contribution >= 0.6 is 0 Å². The van der Waals surface area contributed by atoms with Gasteiger partial charge in [-0.2, -0.15) is 0 Å². The summed E-state index contributed by atoms with van der Waals surface area (Å²) in [7, 11) is 1.50. The van der Waals surface area contributed by atoms with Crippen LogP contribution < -0.4 is 0 Å². The largest absolute Gasteiger partial charge is 0.399 e. The second-order valence-electron chi connectivity index (χ2n) is 4.94. The average Bonchev–Trinajstić information content (AvgIpc) is 2.97. The van der Waals surface area contributed by atoms with Gasteiger partial charge in [-0.3, -0.25) is 0 Å². The predicted octanol–water partition coefficient (Wildman–Crippen LogP) is 3.28. The average molecular weight is 318 g/mol. The molecule has 124 valence electrons. The molecule has 1 heterocycles. The Labute approximate surface area is 136 Å². The zero-order valence-electron chi connectivity index (χ0n) is 13.9. The summed E-state index contributed by atoms with van der Waals surface area (Å²) in [4.78, 5) is 4.98. The van der Waals surface area contributed by atoms with E-state index in [4.69, 9.17) is 18.8 Å². The lowest BCUT2D eigenvalue weighted by Gasteiger charge is -2.15. The molecule has 0 saturated carbocycles. The summed E-state index contributed by atoms with van der Waals surface area (Å²) in [5, 5.41) is 8.14. The van der Waals surface area contributed by atoms with Gasteiger partial charge in [-0.05, 0) is 26.3 Å². The second kappa shape index (κ2) is 8.45. The van der Waals surface area contributed by atoms with Gasteiger partial charge in [0.15, 0.2) is 6.29 Å². The smallest absolute Gasteiger partial charge is 0.155 e. The summed E-state index contributed by atoms with van der Waals surface area (Å²) in [6, 6.07) is 9.63.